The summed E-state index contributed by atoms with van der Waals surface area (Å²) < 4.78 is 5.55. The first kappa shape index (κ1) is 19.2. The normalized spacial score (nSPS) is 12.5. The van der Waals surface area contributed by atoms with Gasteiger partial charge in [-0.05, 0) is 31.0 Å². The molecular formula is C18H31NO2S. The van der Waals surface area contributed by atoms with Crippen LogP contribution in [0.25, 0.3) is 0 Å². The van der Waals surface area contributed by atoms with E-state index in [9.17, 15) is 4.79 Å². The Hall–Kier alpha value is -0.870. The quantitative estimate of drug-likeness (QED) is 0.412. The summed E-state index contributed by atoms with van der Waals surface area (Å²) in [5.41, 5.74) is 0. The van der Waals surface area contributed by atoms with Gasteiger partial charge in [0.2, 0.25) is 0 Å². The molecule has 1 atom stereocenters. The molecule has 0 saturated carbocycles. The summed E-state index contributed by atoms with van der Waals surface area (Å²) in [6.45, 7) is 9.79. The van der Waals surface area contributed by atoms with Gasteiger partial charge in [0, 0.05) is 11.4 Å². The minimum Gasteiger partial charge on any atom is -0.464 e. The molecule has 0 aliphatic rings. The Bertz CT molecular complexity index is 388. The molecule has 1 aromatic rings. The van der Waals surface area contributed by atoms with Crippen LogP contribution in [0.2, 0.25) is 0 Å². The van der Waals surface area contributed by atoms with E-state index in [4.69, 9.17) is 4.74 Å². The van der Waals surface area contributed by atoms with E-state index in [0.29, 0.717) is 6.61 Å². The average Bonchev–Trinajstić information content (AvgIpc) is 3.05. The van der Waals surface area contributed by atoms with E-state index >= 15 is 0 Å². The zero-order valence-corrected chi connectivity index (χ0v) is 15.2. The second-order valence-electron chi connectivity index (χ2n) is 5.61. The van der Waals surface area contributed by atoms with E-state index in [1.54, 1.807) is 11.3 Å². The Kier molecular flexibility index (Phi) is 10.2. The minimum atomic E-state index is -0.0754. The highest BCUT2D eigenvalue weighted by molar-refractivity contribution is 7.10. The molecule has 1 aromatic heterocycles. The van der Waals surface area contributed by atoms with Gasteiger partial charge >= 0.3 is 5.97 Å². The van der Waals surface area contributed by atoms with Crippen molar-refractivity contribution in [3.63, 3.8) is 0 Å². The molecular weight excluding hydrogens is 294 g/mol. The van der Waals surface area contributed by atoms with Crippen LogP contribution in [0.1, 0.15) is 63.7 Å². The summed E-state index contributed by atoms with van der Waals surface area (Å²) in [7, 11) is 0. The number of thiophene rings is 1. The van der Waals surface area contributed by atoms with Gasteiger partial charge in [-0.1, -0.05) is 52.5 Å². The molecule has 0 saturated heterocycles. The molecule has 126 valence electrons. The van der Waals surface area contributed by atoms with E-state index in [-0.39, 0.29) is 11.9 Å². The molecule has 22 heavy (non-hydrogen) atoms. The predicted molar refractivity (Wildman–Crippen MR) is 94.6 cm³/mol. The van der Waals surface area contributed by atoms with Crippen molar-refractivity contribution in [1.29, 1.82) is 0 Å². The largest absolute Gasteiger partial charge is 0.464 e. The third-order valence-corrected chi connectivity index (χ3v) is 5.05. The highest BCUT2D eigenvalue weighted by Gasteiger charge is 2.22. The topological polar surface area (TPSA) is 29.5 Å². The van der Waals surface area contributed by atoms with Crippen LogP contribution in [0.4, 0.5) is 0 Å². The van der Waals surface area contributed by atoms with Crippen LogP contribution in [0.15, 0.2) is 17.5 Å². The smallest absolute Gasteiger partial charge is 0.314 e. The highest BCUT2D eigenvalue weighted by atomic mass is 32.1. The summed E-state index contributed by atoms with van der Waals surface area (Å²) in [5.74, 6) is -0.125. The molecule has 1 unspecified atom stereocenters. The molecule has 3 nitrogen and oxygen atoms in total. The Balaban J connectivity index is 2.46. The lowest BCUT2D eigenvalue weighted by atomic mass is 9.99. The number of hydrogen-bond acceptors (Lipinski definition) is 4. The van der Waals surface area contributed by atoms with Gasteiger partial charge in [-0.3, -0.25) is 4.79 Å². The number of likely N-dealkylation sites (N-methyl/N-ethyl adjacent to an activating group) is 1. The SMILES string of the molecule is CCCCCCC(C(=O)OCCN(CC)CC)c1cccs1. The number of carbonyl (C=O) groups is 1. The van der Waals surface area contributed by atoms with Crippen molar-refractivity contribution < 1.29 is 9.53 Å². The molecule has 0 bridgehead atoms. The fourth-order valence-corrected chi connectivity index (χ4v) is 3.41. The lowest BCUT2D eigenvalue weighted by Crippen LogP contribution is -2.28. The van der Waals surface area contributed by atoms with Crippen LogP contribution in [0, 0.1) is 0 Å². The maximum atomic E-state index is 12.4. The monoisotopic (exact) mass is 325 g/mol. The first-order valence-electron chi connectivity index (χ1n) is 8.65. The third-order valence-electron chi connectivity index (χ3n) is 4.06. The second kappa shape index (κ2) is 11.7. The van der Waals surface area contributed by atoms with Gasteiger partial charge in [-0.2, -0.15) is 0 Å². The van der Waals surface area contributed by atoms with E-state index in [1.165, 1.54) is 19.3 Å². The molecule has 4 heteroatoms. The van der Waals surface area contributed by atoms with Crippen LogP contribution in [-0.4, -0.2) is 37.1 Å². The van der Waals surface area contributed by atoms with Crippen molar-refractivity contribution in [2.75, 3.05) is 26.2 Å². The Labute approximate surface area is 139 Å². The number of esters is 1. The van der Waals surface area contributed by atoms with Gasteiger partial charge in [-0.25, -0.2) is 0 Å². The molecule has 1 heterocycles. The molecule has 0 N–H and O–H groups in total. The van der Waals surface area contributed by atoms with Crippen LogP contribution >= 0.6 is 11.3 Å². The first-order chi connectivity index (χ1) is 10.7. The maximum absolute atomic E-state index is 12.4. The van der Waals surface area contributed by atoms with Gasteiger partial charge in [0.15, 0.2) is 0 Å². The first-order valence-corrected chi connectivity index (χ1v) is 9.53. The zero-order chi connectivity index (χ0) is 16.2. The molecule has 0 radical (unpaired) electrons. The standard InChI is InChI=1S/C18H31NO2S/c1-4-7-8-9-11-16(17-12-10-15-22-17)18(20)21-14-13-19(5-2)6-3/h10,12,15-16H,4-9,11,13-14H2,1-3H3. The summed E-state index contributed by atoms with van der Waals surface area (Å²) in [6.07, 6.45) is 5.67. The van der Waals surface area contributed by atoms with Gasteiger partial charge < -0.3 is 9.64 Å². The number of carbonyl (C=O) groups excluding carboxylic acids is 1. The van der Waals surface area contributed by atoms with Crippen molar-refractivity contribution >= 4 is 17.3 Å². The fourth-order valence-electron chi connectivity index (χ4n) is 2.56. The van der Waals surface area contributed by atoms with Crippen molar-refractivity contribution in [2.45, 2.75) is 58.8 Å². The van der Waals surface area contributed by atoms with Crippen molar-refractivity contribution in [3.8, 4) is 0 Å². The molecule has 0 aromatic carbocycles. The summed E-state index contributed by atoms with van der Waals surface area (Å²) >= 11 is 1.66. The summed E-state index contributed by atoms with van der Waals surface area (Å²) in [6, 6.07) is 4.07. The predicted octanol–water partition coefficient (Wildman–Crippen LogP) is 4.69. The average molecular weight is 326 g/mol. The van der Waals surface area contributed by atoms with Crippen LogP contribution in [-0.2, 0) is 9.53 Å². The van der Waals surface area contributed by atoms with Crippen molar-refractivity contribution in [2.24, 2.45) is 0 Å². The fraction of sp³-hybridized carbons (Fsp3) is 0.722. The van der Waals surface area contributed by atoms with Crippen LogP contribution < -0.4 is 0 Å². The lowest BCUT2D eigenvalue weighted by molar-refractivity contribution is -0.146. The number of nitrogens with zero attached hydrogens (tertiary/aromatic N) is 1. The molecule has 0 aliphatic carbocycles. The van der Waals surface area contributed by atoms with Gasteiger partial charge in [-0.15, -0.1) is 11.3 Å². The highest BCUT2D eigenvalue weighted by Crippen LogP contribution is 2.28. The van der Waals surface area contributed by atoms with E-state index in [0.717, 1.165) is 37.4 Å². The second-order valence-corrected chi connectivity index (χ2v) is 6.59. The van der Waals surface area contributed by atoms with E-state index in [1.807, 2.05) is 11.4 Å². The lowest BCUT2D eigenvalue weighted by Gasteiger charge is -2.19. The Morgan fingerprint density at radius 1 is 1.23 bits per heavy atom. The van der Waals surface area contributed by atoms with Crippen molar-refractivity contribution in [1.82, 2.24) is 4.90 Å². The molecule has 0 spiro atoms. The summed E-state index contributed by atoms with van der Waals surface area (Å²) in [5, 5.41) is 2.04. The Morgan fingerprint density at radius 2 is 2.00 bits per heavy atom. The maximum Gasteiger partial charge on any atom is 0.314 e. The number of rotatable bonds is 12. The third kappa shape index (κ3) is 6.93. The van der Waals surface area contributed by atoms with E-state index < -0.39 is 0 Å². The Morgan fingerprint density at radius 3 is 2.59 bits per heavy atom. The molecule has 1 rings (SSSR count). The van der Waals surface area contributed by atoms with Gasteiger partial charge in [0.05, 0.1) is 5.92 Å². The molecule has 0 aliphatic heterocycles. The minimum absolute atomic E-state index is 0.0499. The molecule has 0 fully saturated rings. The number of unbranched alkanes of at least 4 members (excludes halogenated alkanes) is 3. The molecule has 0 amide bonds. The number of ether oxygens (including phenoxy) is 1. The van der Waals surface area contributed by atoms with Crippen LogP contribution in [0.3, 0.4) is 0 Å². The zero-order valence-electron chi connectivity index (χ0n) is 14.3. The van der Waals surface area contributed by atoms with Crippen molar-refractivity contribution in [3.05, 3.63) is 22.4 Å². The van der Waals surface area contributed by atoms with Gasteiger partial charge in [0.1, 0.15) is 6.61 Å². The van der Waals surface area contributed by atoms with Gasteiger partial charge in [0.25, 0.3) is 0 Å². The van der Waals surface area contributed by atoms with Crippen LogP contribution in [0.5, 0.6) is 0 Å². The number of hydrogen-bond donors (Lipinski definition) is 0. The summed E-state index contributed by atoms with van der Waals surface area (Å²) in [4.78, 5) is 15.8. The van der Waals surface area contributed by atoms with E-state index in [2.05, 4.69) is 31.7 Å².